The molecule has 4 N–H and O–H groups in total. The van der Waals surface area contributed by atoms with Crippen LogP contribution in [0.3, 0.4) is 0 Å². The van der Waals surface area contributed by atoms with Gasteiger partial charge in [0.1, 0.15) is 0 Å². The van der Waals surface area contributed by atoms with Crippen LogP contribution in [0.5, 0.6) is 0 Å². The van der Waals surface area contributed by atoms with Gasteiger partial charge < -0.3 is 25.4 Å². The monoisotopic (exact) mass is 500 g/mol. The Balaban J connectivity index is 1.75. The quantitative estimate of drug-likeness (QED) is 0.312. The van der Waals surface area contributed by atoms with Gasteiger partial charge in [0.15, 0.2) is 9.79 Å². The van der Waals surface area contributed by atoms with Gasteiger partial charge in [0.05, 0.1) is 11.8 Å². The van der Waals surface area contributed by atoms with E-state index in [9.17, 15) is 24.4 Å². The number of hydrogen-bond donors (Lipinski definition) is 4. The third-order valence-electron chi connectivity index (χ3n) is 6.97. The molecule has 1 fully saturated rings. The standard InChI is InChI=1S/C27H36N2O5S/c1-18(9-11-28-2)24(26(30)31)15-19-5-3-7-22(13-19)35(34)23-8-4-6-20(14-23)16-25(27(32)33)21-10-12-29-17-21/h3-8,13-14,18,21,24-25,28-29H,9-12,15-17H2,1-2H3,(H,30,31)(H,32,33)/t18-,21+,24+,25+,35?/m1/s1. The van der Waals surface area contributed by atoms with Gasteiger partial charge in [-0.05, 0) is 99.6 Å². The highest BCUT2D eigenvalue weighted by atomic mass is 32.2. The fraction of sp³-hybridized carbons (Fsp3) is 0.481. The molecule has 2 aromatic rings. The number of hydrogen-bond acceptors (Lipinski definition) is 5. The van der Waals surface area contributed by atoms with Crippen LogP contribution in [-0.4, -0.2) is 53.4 Å². The third kappa shape index (κ3) is 7.54. The maximum absolute atomic E-state index is 13.4. The van der Waals surface area contributed by atoms with Crippen molar-refractivity contribution in [1.82, 2.24) is 10.6 Å². The molecule has 0 saturated carbocycles. The van der Waals surface area contributed by atoms with Gasteiger partial charge in [-0.25, -0.2) is 0 Å². The summed E-state index contributed by atoms with van der Waals surface area (Å²) in [5.41, 5.74) is 1.70. The molecular weight excluding hydrogens is 464 g/mol. The molecule has 0 aliphatic carbocycles. The third-order valence-corrected chi connectivity index (χ3v) is 8.34. The molecule has 7 nitrogen and oxygen atoms in total. The van der Waals surface area contributed by atoms with E-state index in [-0.39, 0.29) is 11.8 Å². The topological polar surface area (TPSA) is 122 Å². The molecule has 0 radical (unpaired) electrons. The second-order valence-corrected chi connectivity index (χ2v) is 11.0. The fourth-order valence-electron chi connectivity index (χ4n) is 4.80. The van der Waals surface area contributed by atoms with Crippen molar-refractivity contribution < 1.29 is 24.4 Å². The summed E-state index contributed by atoms with van der Waals surface area (Å²) in [4.78, 5) is 25.0. The zero-order valence-electron chi connectivity index (χ0n) is 20.4. The van der Waals surface area contributed by atoms with E-state index >= 15 is 0 Å². The van der Waals surface area contributed by atoms with Gasteiger partial charge in [-0.2, -0.15) is 0 Å². The van der Waals surface area contributed by atoms with Crippen LogP contribution in [0.4, 0.5) is 0 Å². The summed E-state index contributed by atoms with van der Waals surface area (Å²) in [5, 5.41) is 25.8. The highest BCUT2D eigenvalue weighted by Gasteiger charge is 2.31. The molecule has 35 heavy (non-hydrogen) atoms. The van der Waals surface area contributed by atoms with E-state index in [1.54, 1.807) is 12.1 Å². The summed E-state index contributed by atoms with van der Waals surface area (Å²) < 4.78 is 13.4. The minimum absolute atomic E-state index is 0.00281. The molecule has 2 aromatic carbocycles. The number of benzene rings is 2. The molecule has 1 aliphatic heterocycles. The molecule has 1 heterocycles. The predicted octanol–water partition coefficient (Wildman–Crippen LogP) is 3.20. The first-order valence-electron chi connectivity index (χ1n) is 12.2. The molecule has 0 bridgehead atoms. The van der Waals surface area contributed by atoms with E-state index < -0.39 is 35.0 Å². The van der Waals surface area contributed by atoms with Gasteiger partial charge in [-0.15, -0.1) is 0 Å². The first-order chi connectivity index (χ1) is 16.8. The smallest absolute Gasteiger partial charge is 0.307 e. The van der Waals surface area contributed by atoms with Crippen LogP contribution >= 0.6 is 0 Å². The van der Waals surface area contributed by atoms with Crippen LogP contribution < -0.4 is 10.6 Å². The fourth-order valence-corrected chi connectivity index (χ4v) is 5.99. The lowest BCUT2D eigenvalue weighted by molar-refractivity contribution is -0.144. The highest BCUT2D eigenvalue weighted by molar-refractivity contribution is 7.91. The number of aliphatic carboxylic acids is 2. The number of carboxylic acids is 2. The Morgan fingerprint density at radius 2 is 1.71 bits per heavy atom. The van der Waals surface area contributed by atoms with E-state index in [1.165, 1.54) is 0 Å². The van der Waals surface area contributed by atoms with Gasteiger partial charge in [-0.3, -0.25) is 9.59 Å². The molecule has 1 aliphatic rings. The van der Waals surface area contributed by atoms with E-state index in [0.717, 1.165) is 37.1 Å². The molecule has 3 rings (SSSR count). The molecule has 1 unspecified atom stereocenters. The van der Waals surface area contributed by atoms with Crippen molar-refractivity contribution in [3.05, 3.63) is 59.7 Å². The largest absolute Gasteiger partial charge is 0.606 e. The van der Waals surface area contributed by atoms with Gasteiger partial charge in [0, 0.05) is 11.2 Å². The van der Waals surface area contributed by atoms with E-state index in [4.69, 9.17) is 0 Å². The minimum Gasteiger partial charge on any atom is -0.606 e. The van der Waals surface area contributed by atoms with Gasteiger partial charge >= 0.3 is 11.9 Å². The zero-order chi connectivity index (χ0) is 25.4. The maximum atomic E-state index is 13.4. The van der Waals surface area contributed by atoms with Crippen LogP contribution in [0.1, 0.15) is 30.9 Å². The lowest BCUT2D eigenvalue weighted by atomic mass is 9.86. The lowest BCUT2D eigenvalue weighted by Gasteiger charge is -2.21. The van der Waals surface area contributed by atoms with Crippen molar-refractivity contribution >= 4 is 23.1 Å². The summed E-state index contributed by atoms with van der Waals surface area (Å²) in [6, 6.07) is 14.6. The summed E-state index contributed by atoms with van der Waals surface area (Å²) in [6.45, 7) is 4.26. The van der Waals surface area contributed by atoms with Crippen LogP contribution in [0, 0.1) is 23.7 Å². The molecule has 0 amide bonds. The highest BCUT2D eigenvalue weighted by Crippen LogP contribution is 2.28. The summed E-state index contributed by atoms with van der Waals surface area (Å²) in [6.07, 6.45) is 2.39. The zero-order valence-corrected chi connectivity index (χ0v) is 21.2. The molecule has 5 atom stereocenters. The molecular formula is C27H36N2O5S. The molecule has 0 spiro atoms. The average molecular weight is 501 g/mol. The second-order valence-electron chi connectivity index (χ2n) is 9.48. The number of carboxylic acid groups (broad SMARTS) is 2. The normalized spacial score (nSPS) is 19.1. The number of nitrogens with one attached hydrogen (secondary N) is 2. The van der Waals surface area contributed by atoms with Crippen LogP contribution in [0.25, 0.3) is 0 Å². The number of rotatable bonds is 13. The molecule has 1 saturated heterocycles. The Morgan fingerprint density at radius 3 is 2.23 bits per heavy atom. The summed E-state index contributed by atoms with van der Waals surface area (Å²) in [7, 11) is 1.85. The van der Waals surface area contributed by atoms with E-state index in [1.807, 2.05) is 50.4 Å². The van der Waals surface area contributed by atoms with Crippen molar-refractivity contribution in [2.24, 2.45) is 23.7 Å². The Hall–Kier alpha value is -2.39. The number of carbonyl (C=O) groups is 2. The van der Waals surface area contributed by atoms with Crippen LogP contribution in [0.2, 0.25) is 0 Å². The van der Waals surface area contributed by atoms with Crippen LogP contribution in [-0.2, 0) is 33.6 Å². The molecule has 190 valence electrons. The summed E-state index contributed by atoms with van der Waals surface area (Å²) >= 11 is -1.45. The molecule has 0 aromatic heterocycles. The Labute approximate surface area is 210 Å². The van der Waals surface area contributed by atoms with Crippen molar-refractivity contribution in [1.29, 1.82) is 0 Å². The van der Waals surface area contributed by atoms with Crippen molar-refractivity contribution in [2.45, 2.75) is 42.4 Å². The summed E-state index contributed by atoms with van der Waals surface area (Å²) in [5.74, 6) is -2.52. The van der Waals surface area contributed by atoms with Crippen molar-refractivity contribution in [3.8, 4) is 0 Å². The van der Waals surface area contributed by atoms with E-state index in [2.05, 4.69) is 10.6 Å². The first-order valence-corrected chi connectivity index (χ1v) is 13.4. The van der Waals surface area contributed by atoms with E-state index in [0.29, 0.717) is 29.2 Å². The van der Waals surface area contributed by atoms with Crippen molar-refractivity contribution in [3.63, 3.8) is 0 Å². The Morgan fingerprint density at radius 1 is 1.09 bits per heavy atom. The Bertz CT molecular complexity index is 995. The first kappa shape index (κ1) is 27.2. The second kappa shape index (κ2) is 13.1. The Kier molecular flexibility index (Phi) is 10.2. The van der Waals surface area contributed by atoms with Gasteiger partial charge in [-0.1, -0.05) is 31.2 Å². The SMILES string of the molecule is CNCC[C@@H](C)[C@H](Cc1cccc([S+]([O-])c2cccc(C[C@H](C(=O)O)[C@H]3CCNC3)c2)c1)C(=O)O. The lowest BCUT2D eigenvalue weighted by Crippen LogP contribution is -2.27. The van der Waals surface area contributed by atoms with Gasteiger partial charge in [0.2, 0.25) is 0 Å². The van der Waals surface area contributed by atoms with Crippen molar-refractivity contribution in [2.75, 3.05) is 26.7 Å². The average Bonchev–Trinajstić information content (AvgIpc) is 3.38. The predicted molar refractivity (Wildman–Crippen MR) is 136 cm³/mol. The van der Waals surface area contributed by atoms with Gasteiger partial charge in [0.25, 0.3) is 0 Å². The minimum atomic E-state index is -1.45. The molecule has 8 heteroatoms. The maximum Gasteiger partial charge on any atom is 0.307 e. The van der Waals surface area contributed by atoms with Crippen LogP contribution in [0.15, 0.2) is 58.3 Å².